The molecule has 0 saturated carbocycles. The third kappa shape index (κ3) is 2.67. The van der Waals surface area contributed by atoms with Crippen LogP contribution >= 0.6 is 0 Å². The Hall–Kier alpha value is -2.66. The van der Waals surface area contributed by atoms with E-state index in [9.17, 15) is 4.79 Å². The van der Waals surface area contributed by atoms with Crippen LogP contribution < -0.4 is 11.1 Å². The highest BCUT2D eigenvalue weighted by molar-refractivity contribution is 6.04. The van der Waals surface area contributed by atoms with Crippen molar-refractivity contribution in [2.45, 2.75) is 18.8 Å². The number of benzene rings is 2. The Labute approximate surface area is 141 Å². The first-order chi connectivity index (χ1) is 12.1. The molecule has 24 heavy (non-hydrogen) atoms. The van der Waals surface area contributed by atoms with Crippen molar-refractivity contribution in [3.63, 3.8) is 0 Å². The van der Waals surface area contributed by atoms with Gasteiger partial charge in [0.1, 0.15) is 5.52 Å². The Morgan fingerprint density at radius 2 is 2.12 bits per heavy atom. The number of piperidine rings is 1. The van der Waals surface area contributed by atoms with E-state index in [1.54, 1.807) is 10.7 Å². The maximum absolute atomic E-state index is 11.6. The first-order valence-corrected chi connectivity index (χ1v) is 8.17. The molecule has 0 radical (unpaired) electrons. The van der Waals surface area contributed by atoms with Crippen molar-refractivity contribution in [3.05, 3.63) is 59.8 Å². The maximum atomic E-state index is 11.6. The minimum absolute atomic E-state index is 0.223. The molecule has 1 saturated heterocycles. The van der Waals surface area contributed by atoms with Gasteiger partial charge in [0, 0.05) is 19.5 Å². The van der Waals surface area contributed by atoms with Gasteiger partial charge in [0.15, 0.2) is 0 Å². The average molecular weight is 321 g/mol. The van der Waals surface area contributed by atoms with Crippen molar-refractivity contribution in [1.29, 1.82) is 0 Å². The van der Waals surface area contributed by atoms with E-state index in [1.807, 2.05) is 30.5 Å². The molecule has 1 amide bonds. The number of hydrogen-bond acceptors (Lipinski definition) is 3. The molecule has 2 aromatic carbocycles. The fourth-order valence-corrected chi connectivity index (χ4v) is 3.25. The number of primary amides is 1. The molecule has 1 aliphatic heterocycles. The van der Waals surface area contributed by atoms with Crippen LogP contribution in [0.5, 0.6) is 0 Å². The van der Waals surface area contributed by atoms with Crippen molar-refractivity contribution in [1.82, 2.24) is 15.1 Å². The van der Waals surface area contributed by atoms with Gasteiger partial charge in [-0.15, -0.1) is 0 Å². The van der Waals surface area contributed by atoms with E-state index >= 15 is 0 Å². The van der Waals surface area contributed by atoms with E-state index in [-0.39, 0.29) is 12.4 Å². The average Bonchev–Trinajstić information content (AvgIpc) is 3.06. The minimum Gasteiger partial charge on any atom is -0.366 e. The van der Waals surface area contributed by atoms with Gasteiger partial charge in [0.2, 0.25) is 0 Å². The van der Waals surface area contributed by atoms with Crippen molar-refractivity contribution in [2.24, 2.45) is 5.73 Å². The predicted molar refractivity (Wildman–Crippen MR) is 94.4 cm³/mol. The van der Waals surface area contributed by atoms with Gasteiger partial charge in [-0.05, 0) is 49.1 Å². The van der Waals surface area contributed by atoms with E-state index in [2.05, 4.69) is 22.5 Å². The molecule has 5 heteroatoms. The largest absolute Gasteiger partial charge is 0.366 e. The van der Waals surface area contributed by atoms with E-state index in [4.69, 9.17) is 7.10 Å². The Kier molecular flexibility index (Phi) is 3.49. The zero-order valence-corrected chi connectivity index (χ0v) is 13.3. The van der Waals surface area contributed by atoms with E-state index in [0.29, 0.717) is 11.1 Å². The minimum atomic E-state index is -0.475. The molecule has 1 aromatic heterocycles. The molecule has 1 aliphatic rings. The molecule has 0 spiro atoms. The van der Waals surface area contributed by atoms with Crippen LogP contribution in [0.2, 0.25) is 0 Å². The molecule has 3 N–H and O–H groups in total. The number of hydrogen-bond donors (Lipinski definition) is 2. The summed E-state index contributed by atoms with van der Waals surface area (Å²) in [6, 6.07) is 13.6. The van der Waals surface area contributed by atoms with Gasteiger partial charge >= 0.3 is 0 Å². The van der Waals surface area contributed by atoms with Crippen LogP contribution in [0.1, 0.15) is 36.1 Å². The van der Waals surface area contributed by atoms with E-state index in [0.717, 1.165) is 30.5 Å². The zero-order chi connectivity index (χ0) is 17.4. The van der Waals surface area contributed by atoms with Crippen molar-refractivity contribution >= 4 is 16.8 Å². The molecule has 2 heterocycles. The van der Waals surface area contributed by atoms with Crippen LogP contribution in [0, 0.1) is 0 Å². The number of nitrogens with two attached hydrogens (primary N) is 1. The highest BCUT2D eigenvalue weighted by atomic mass is 16.1. The topological polar surface area (TPSA) is 72.9 Å². The predicted octanol–water partition coefficient (Wildman–Crippen LogP) is 2.59. The molecule has 0 aliphatic carbocycles. The Bertz CT molecular complexity index is 919. The maximum Gasteiger partial charge on any atom is 0.250 e. The summed E-state index contributed by atoms with van der Waals surface area (Å²) in [4.78, 5) is 11.6. The van der Waals surface area contributed by atoms with E-state index < -0.39 is 5.91 Å². The summed E-state index contributed by atoms with van der Waals surface area (Å²) in [5.41, 5.74) is 8.56. The molecular weight excluding hydrogens is 300 g/mol. The lowest BCUT2D eigenvalue weighted by Crippen LogP contribution is -2.28. The van der Waals surface area contributed by atoms with Gasteiger partial charge < -0.3 is 11.1 Å². The molecule has 0 bridgehead atoms. The van der Waals surface area contributed by atoms with Crippen LogP contribution in [0.4, 0.5) is 0 Å². The van der Waals surface area contributed by atoms with Gasteiger partial charge in [-0.1, -0.05) is 24.3 Å². The molecule has 5 nitrogen and oxygen atoms in total. The molecule has 122 valence electrons. The third-order valence-electron chi connectivity index (χ3n) is 4.54. The number of rotatable bonds is 3. The standard InChI is InChI=1S/C19H20N4O/c20-19(24)17-5-1-3-15-12-23(22-18(15)17)16-8-6-13(7-9-16)14-4-2-10-21-11-14/h1,3,5-9,12,14,21H,2,4,10-11H2,(H2,20,24)/i11D. The number of fused-ring (bicyclic) bond motifs is 1. The van der Waals surface area contributed by atoms with Crippen LogP contribution in [0.15, 0.2) is 48.7 Å². The quantitative estimate of drug-likeness (QED) is 0.779. The highest BCUT2D eigenvalue weighted by Crippen LogP contribution is 2.25. The summed E-state index contributed by atoms with van der Waals surface area (Å²) >= 11 is 0. The number of nitrogens with one attached hydrogen (secondary N) is 1. The molecule has 2 atom stereocenters. The fraction of sp³-hybridized carbons (Fsp3) is 0.263. The summed E-state index contributed by atoms with van der Waals surface area (Å²) in [5, 5.41) is 8.62. The Morgan fingerprint density at radius 3 is 2.88 bits per heavy atom. The molecule has 2 unspecified atom stereocenters. The summed E-state index contributed by atoms with van der Waals surface area (Å²) in [6.07, 6.45) is 4.03. The second kappa shape index (κ2) is 6.09. The second-order valence-electron chi connectivity index (χ2n) is 6.14. The number of carbonyl (C=O) groups is 1. The zero-order valence-electron chi connectivity index (χ0n) is 14.3. The monoisotopic (exact) mass is 321 g/mol. The van der Waals surface area contributed by atoms with Crippen molar-refractivity contribution in [2.75, 3.05) is 13.1 Å². The molecule has 4 rings (SSSR count). The lowest BCUT2D eigenvalue weighted by atomic mass is 9.92. The molecule has 3 aromatic rings. The number of amides is 1. The number of carbonyl (C=O) groups excluding carboxylic acids is 1. The van der Waals surface area contributed by atoms with Crippen LogP contribution in [-0.4, -0.2) is 28.8 Å². The van der Waals surface area contributed by atoms with Crippen molar-refractivity contribution < 1.29 is 6.17 Å². The SMILES string of the molecule is [2H]C1NCCCC1c1ccc(-n2cc3cccc(C(N)=O)c3n2)cc1. The summed E-state index contributed by atoms with van der Waals surface area (Å²) < 4.78 is 9.91. The van der Waals surface area contributed by atoms with Gasteiger partial charge in [-0.2, -0.15) is 5.10 Å². The third-order valence-corrected chi connectivity index (χ3v) is 4.54. The highest BCUT2D eigenvalue weighted by Gasteiger charge is 2.15. The lowest BCUT2D eigenvalue weighted by molar-refractivity contribution is 0.100. The summed E-state index contributed by atoms with van der Waals surface area (Å²) in [6.45, 7) is 0.676. The molecule has 1 fully saturated rings. The Balaban J connectivity index is 1.67. The summed E-state index contributed by atoms with van der Waals surface area (Å²) in [5.74, 6) is -0.251. The normalized spacial score (nSPS) is 21.6. The van der Waals surface area contributed by atoms with Crippen LogP contribution in [0.3, 0.4) is 0 Å². The van der Waals surface area contributed by atoms with Crippen LogP contribution in [0.25, 0.3) is 16.6 Å². The Morgan fingerprint density at radius 1 is 1.29 bits per heavy atom. The lowest BCUT2D eigenvalue weighted by Gasteiger charge is -2.23. The second-order valence-corrected chi connectivity index (χ2v) is 6.14. The fourth-order valence-electron chi connectivity index (χ4n) is 3.25. The van der Waals surface area contributed by atoms with Gasteiger partial charge in [-0.25, -0.2) is 4.68 Å². The summed E-state index contributed by atoms with van der Waals surface area (Å²) in [7, 11) is 0. The first-order valence-electron chi connectivity index (χ1n) is 8.75. The smallest absolute Gasteiger partial charge is 0.250 e. The first kappa shape index (κ1) is 13.7. The van der Waals surface area contributed by atoms with Gasteiger partial charge in [0.25, 0.3) is 5.91 Å². The van der Waals surface area contributed by atoms with Crippen molar-refractivity contribution in [3.8, 4) is 5.69 Å². The number of aromatic nitrogens is 2. The number of nitrogens with zero attached hydrogens (tertiary/aromatic N) is 2. The van der Waals surface area contributed by atoms with Gasteiger partial charge in [0.05, 0.1) is 11.3 Å². The van der Waals surface area contributed by atoms with Gasteiger partial charge in [-0.3, -0.25) is 4.79 Å². The van der Waals surface area contributed by atoms with Crippen LogP contribution in [-0.2, 0) is 0 Å². The molecular formula is C19H20N4O. The van der Waals surface area contributed by atoms with E-state index in [1.165, 1.54) is 5.56 Å².